The average Bonchev–Trinajstić information content (AvgIpc) is 3.29. The van der Waals surface area contributed by atoms with E-state index in [0.717, 1.165) is 58.3 Å². The molecule has 250 valence electrons. The third-order valence-electron chi connectivity index (χ3n) is 9.60. The van der Waals surface area contributed by atoms with E-state index in [2.05, 4.69) is 44.9 Å². The molecule has 10 heteroatoms. The Kier molecular flexibility index (Phi) is 15.3. The topological polar surface area (TPSA) is 120 Å². The van der Waals surface area contributed by atoms with Crippen LogP contribution in [0.15, 0.2) is 30.3 Å². The van der Waals surface area contributed by atoms with Crippen molar-refractivity contribution in [2.75, 3.05) is 79.0 Å². The van der Waals surface area contributed by atoms with E-state index in [0.29, 0.717) is 76.6 Å². The third-order valence-corrected chi connectivity index (χ3v) is 9.60. The summed E-state index contributed by atoms with van der Waals surface area (Å²) in [5.74, 6) is 3.80. The van der Waals surface area contributed by atoms with Crippen LogP contribution < -0.4 is 5.73 Å². The number of terminal acetylenes is 1. The number of benzene rings is 1. The van der Waals surface area contributed by atoms with Crippen molar-refractivity contribution in [2.24, 2.45) is 11.7 Å². The van der Waals surface area contributed by atoms with Gasteiger partial charge in [0.05, 0.1) is 52.1 Å². The van der Waals surface area contributed by atoms with Crippen LogP contribution >= 0.6 is 0 Å². The molecule has 2 bridgehead atoms. The van der Waals surface area contributed by atoms with Crippen molar-refractivity contribution in [2.45, 2.75) is 76.0 Å². The normalized spacial score (nSPS) is 23.1. The zero-order valence-corrected chi connectivity index (χ0v) is 27.3. The van der Waals surface area contributed by atoms with Gasteiger partial charge in [-0.3, -0.25) is 15.7 Å². The number of ether oxygens (including phenoxy) is 4. The fourth-order valence-electron chi connectivity index (χ4n) is 7.24. The number of nitrogens with two attached hydrogens (primary N) is 1. The number of hydrogen-bond acceptors (Lipinski definition) is 9. The highest BCUT2D eigenvalue weighted by atomic mass is 16.6. The Hall–Kier alpha value is -2.36. The first kappa shape index (κ1) is 35.5. The van der Waals surface area contributed by atoms with Crippen LogP contribution in [0.2, 0.25) is 0 Å². The van der Waals surface area contributed by atoms with Gasteiger partial charge in [-0.2, -0.15) is 0 Å². The molecule has 3 aliphatic heterocycles. The van der Waals surface area contributed by atoms with Gasteiger partial charge in [-0.05, 0) is 70.5 Å². The maximum absolute atomic E-state index is 9.20. The zero-order chi connectivity index (χ0) is 31.9. The summed E-state index contributed by atoms with van der Waals surface area (Å²) in [6.45, 7) is 9.90. The molecule has 2 unspecified atom stereocenters. The first-order valence-corrected chi connectivity index (χ1v) is 16.9. The van der Waals surface area contributed by atoms with E-state index in [1.807, 2.05) is 13.0 Å². The van der Waals surface area contributed by atoms with E-state index in [9.17, 15) is 5.41 Å². The lowest BCUT2D eigenvalue weighted by molar-refractivity contribution is -0.00177. The number of amidine groups is 2. The minimum atomic E-state index is 0.0654. The highest BCUT2D eigenvalue weighted by molar-refractivity contribution is 5.98. The van der Waals surface area contributed by atoms with Gasteiger partial charge < -0.3 is 34.5 Å². The van der Waals surface area contributed by atoms with Crippen LogP contribution in [0.3, 0.4) is 0 Å². The predicted octanol–water partition coefficient (Wildman–Crippen LogP) is 3.76. The highest BCUT2D eigenvalue weighted by Gasteiger charge is 2.44. The molecule has 3 aliphatic rings. The average molecular weight is 625 g/mol. The summed E-state index contributed by atoms with van der Waals surface area (Å²) >= 11 is 0. The number of nitrogens with one attached hydrogen (secondary N) is 2. The molecular weight excluding hydrogens is 568 g/mol. The van der Waals surface area contributed by atoms with E-state index >= 15 is 0 Å². The molecule has 3 saturated heterocycles. The van der Waals surface area contributed by atoms with Gasteiger partial charge in [0.25, 0.3) is 0 Å². The van der Waals surface area contributed by atoms with E-state index in [1.54, 1.807) is 0 Å². The molecule has 10 nitrogen and oxygen atoms in total. The van der Waals surface area contributed by atoms with Gasteiger partial charge in [-0.15, -0.1) is 6.42 Å². The molecule has 3 atom stereocenters. The largest absolute Gasteiger partial charge is 0.378 e. The highest BCUT2D eigenvalue weighted by Crippen LogP contribution is 2.39. The second-order valence-electron chi connectivity index (χ2n) is 12.6. The van der Waals surface area contributed by atoms with Gasteiger partial charge in [-0.25, -0.2) is 0 Å². The van der Waals surface area contributed by atoms with Gasteiger partial charge in [0.1, 0.15) is 12.4 Å². The first-order valence-electron chi connectivity index (χ1n) is 16.9. The molecule has 0 aliphatic carbocycles. The van der Waals surface area contributed by atoms with Gasteiger partial charge in [0.15, 0.2) is 0 Å². The van der Waals surface area contributed by atoms with Crippen LogP contribution in [0.1, 0.15) is 63.5 Å². The number of fused-ring (bicyclic) bond motifs is 2. The monoisotopic (exact) mass is 624 g/mol. The Morgan fingerprint density at radius 1 is 0.889 bits per heavy atom. The van der Waals surface area contributed by atoms with Crippen LogP contribution in [-0.2, 0) is 18.9 Å². The molecule has 3 fully saturated rings. The van der Waals surface area contributed by atoms with Crippen LogP contribution in [0.5, 0.6) is 0 Å². The van der Waals surface area contributed by atoms with Crippen molar-refractivity contribution in [1.82, 2.24) is 14.7 Å². The lowest BCUT2D eigenvalue weighted by Crippen LogP contribution is -2.55. The maximum Gasteiger partial charge on any atom is 0.107 e. The van der Waals surface area contributed by atoms with Crippen molar-refractivity contribution in [3.8, 4) is 12.3 Å². The molecule has 0 spiro atoms. The molecule has 4 N–H and O–H groups in total. The summed E-state index contributed by atoms with van der Waals surface area (Å²) in [4.78, 5) is 7.20. The summed E-state index contributed by atoms with van der Waals surface area (Å²) in [7, 11) is 0. The standard InChI is InChI=1S/C35H56N6O4/c1-3-18-42-20-22-44-24-25-45-23-21-43-19-17-39-14-11-30(12-15-39)35(38)41(28(2)36)33-26-31-9-10-32(27-33)40(31)16-13-34(37)29-7-5-4-6-8-29/h1,4-8,30-34,36,38H,9-27,37H2,2H3/t31?,32?,33?,34-/m0/s1. The van der Waals surface area contributed by atoms with E-state index in [4.69, 9.17) is 36.5 Å². The second-order valence-corrected chi connectivity index (χ2v) is 12.6. The minimum absolute atomic E-state index is 0.0654. The number of likely N-dealkylation sites (tertiary alicyclic amines) is 1. The maximum atomic E-state index is 9.20. The first-order chi connectivity index (χ1) is 22.0. The van der Waals surface area contributed by atoms with Crippen molar-refractivity contribution in [1.29, 1.82) is 10.8 Å². The van der Waals surface area contributed by atoms with Gasteiger partial charge in [0, 0.05) is 43.2 Å². The molecule has 3 heterocycles. The van der Waals surface area contributed by atoms with Gasteiger partial charge in [-0.1, -0.05) is 36.3 Å². The van der Waals surface area contributed by atoms with Crippen LogP contribution in [0, 0.1) is 29.1 Å². The van der Waals surface area contributed by atoms with Crippen molar-refractivity contribution in [3.05, 3.63) is 35.9 Å². The molecule has 0 saturated carbocycles. The lowest BCUT2D eigenvalue weighted by Gasteiger charge is -2.45. The second kappa shape index (κ2) is 19.3. The molecular formula is C35H56N6O4. The Bertz CT molecular complexity index is 1050. The summed E-state index contributed by atoms with van der Waals surface area (Å²) in [5.41, 5.74) is 7.74. The smallest absolute Gasteiger partial charge is 0.107 e. The Morgan fingerprint density at radius 2 is 1.47 bits per heavy atom. The SMILES string of the molecule is C#CCOCCOCCOCCOCCN1CCC(C(=N)N(C(C)=N)C2CC3CCC(C2)N3CC[C@H](N)c2ccccc2)CC1. The lowest BCUT2D eigenvalue weighted by atomic mass is 9.90. The van der Waals surface area contributed by atoms with Crippen LogP contribution in [-0.4, -0.2) is 124 Å². The molecule has 1 aromatic rings. The number of piperidine rings is 2. The summed E-state index contributed by atoms with van der Waals surface area (Å²) in [6, 6.07) is 11.8. The van der Waals surface area contributed by atoms with Crippen molar-refractivity contribution in [3.63, 3.8) is 0 Å². The molecule has 1 aromatic carbocycles. The Balaban J connectivity index is 1.10. The van der Waals surface area contributed by atoms with E-state index < -0.39 is 0 Å². The van der Waals surface area contributed by atoms with Crippen LogP contribution in [0.4, 0.5) is 0 Å². The molecule has 0 aromatic heterocycles. The van der Waals surface area contributed by atoms with Gasteiger partial charge in [0.2, 0.25) is 0 Å². The van der Waals surface area contributed by atoms with Gasteiger partial charge >= 0.3 is 0 Å². The quantitative estimate of drug-likeness (QED) is 0.0922. The minimum Gasteiger partial charge on any atom is -0.378 e. The van der Waals surface area contributed by atoms with Crippen molar-refractivity contribution < 1.29 is 18.9 Å². The summed E-state index contributed by atoms with van der Waals surface area (Å²) in [5, 5.41) is 17.8. The van der Waals surface area contributed by atoms with Crippen LogP contribution in [0.25, 0.3) is 0 Å². The Labute approximate surface area is 270 Å². The molecule has 4 rings (SSSR count). The third kappa shape index (κ3) is 11.1. The molecule has 45 heavy (non-hydrogen) atoms. The summed E-state index contributed by atoms with van der Waals surface area (Å²) < 4.78 is 21.9. The molecule has 0 radical (unpaired) electrons. The fraction of sp³-hybridized carbons (Fsp3) is 0.714. The number of rotatable bonds is 19. The molecule has 0 amide bonds. The van der Waals surface area contributed by atoms with E-state index in [-0.39, 0.29) is 18.0 Å². The zero-order valence-electron chi connectivity index (χ0n) is 27.3. The Morgan fingerprint density at radius 3 is 2.04 bits per heavy atom. The van der Waals surface area contributed by atoms with E-state index in [1.165, 1.54) is 18.4 Å². The predicted molar refractivity (Wildman–Crippen MR) is 179 cm³/mol. The number of hydrogen-bond donors (Lipinski definition) is 3. The number of nitrogens with zero attached hydrogens (tertiary/aromatic N) is 3. The summed E-state index contributed by atoms with van der Waals surface area (Å²) in [6.07, 6.45) is 12.5. The van der Waals surface area contributed by atoms with Crippen molar-refractivity contribution >= 4 is 11.7 Å². The fourth-order valence-corrected chi connectivity index (χ4v) is 7.24.